The van der Waals surface area contributed by atoms with Crippen LogP contribution >= 0.6 is 11.3 Å². The highest BCUT2D eigenvalue weighted by atomic mass is 32.1. The Balaban J connectivity index is 1.62. The average molecular weight is 369 g/mol. The minimum atomic E-state index is 0.115. The first-order valence-corrected chi connectivity index (χ1v) is 10.4. The van der Waals surface area contributed by atoms with E-state index in [1.54, 1.807) is 6.33 Å². The molecule has 26 heavy (non-hydrogen) atoms. The molecule has 2 saturated carbocycles. The van der Waals surface area contributed by atoms with Gasteiger partial charge in [0.2, 0.25) is 0 Å². The Bertz CT molecular complexity index is 1030. The second-order valence-corrected chi connectivity index (χ2v) is 9.06. The molecule has 0 saturated heterocycles. The predicted octanol–water partition coefficient (Wildman–Crippen LogP) is 4.21. The lowest BCUT2D eigenvalue weighted by Gasteiger charge is -2.30. The van der Waals surface area contributed by atoms with Crippen LogP contribution < -0.4 is 10.5 Å². The number of rotatable bonds is 3. The highest BCUT2D eigenvalue weighted by Crippen LogP contribution is 2.46. The van der Waals surface area contributed by atoms with Gasteiger partial charge in [0.15, 0.2) is 0 Å². The number of pyridine rings is 1. The first-order valence-electron chi connectivity index (χ1n) is 9.59. The lowest BCUT2D eigenvalue weighted by molar-refractivity contribution is 0.240. The van der Waals surface area contributed by atoms with Gasteiger partial charge in [-0.2, -0.15) is 0 Å². The molecule has 2 atom stereocenters. The van der Waals surface area contributed by atoms with Crippen molar-refractivity contribution in [3.63, 3.8) is 0 Å². The van der Waals surface area contributed by atoms with Crippen molar-refractivity contribution in [1.82, 2.24) is 14.5 Å². The minimum Gasteiger partial charge on any atom is -0.377 e. The zero-order valence-electron chi connectivity index (χ0n) is 15.3. The van der Waals surface area contributed by atoms with Crippen molar-refractivity contribution < 1.29 is 0 Å². The Morgan fingerprint density at radius 2 is 2.00 bits per heavy atom. The summed E-state index contributed by atoms with van der Waals surface area (Å²) in [5.74, 6) is 1.72. The summed E-state index contributed by atoms with van der Waals surface area (Å²) in [7, 11) is 4.03. The first-order chi connectivity index (χ1) is 12.6. The van der Waals surface area contributed by atoms with Crippen LogP contribution in [0.3, 0.4) is 0 Å². The van der Waals surface area contributed by atoms with Crippen LogP contribution in [0.15, 0.2) is 23.4 Å². The topological polar surface area (TPSA) is 51.0 Å². The molecule has 5 rings (SSSR count). The second-order valence-electron chi connectivity index (χ2n) is 8.06. The number of hydrogen-bond acceptors (Lipinski definition) is 5. The van der Waals surface area contributed by atoms with Crippen LogP contribution in [0.4, 0.5) is 5.69 Å². The van der Waals surface area contributed by atoms with E-state index in [1.807, 2.05) is 30.9 Å². The number of fused-ring (bicyclic) bond motifs is 3. The fraction of sp³-hybridized carbons (Fsp3) is 0.550. The average Bonchev–Trinajstić information content (AvgIpc) is 3.42. The van der Waals surface area contributed by atoms with Crippen molar-refractivity contribution in [2.75, 3.05) is 19.0 Å². The predicted molar refractivity (Wildman–Crippen MR) is 107 cm³/mol. The lowest BCUT2D eigenvalue weighted by atomic mass is 9.82. The van der Waals surface area contributed by atoms with Crippen LogP contribution in [0.2, 0.25) is 0 Å². The van der Waals surface area contributed by atoms with E-state index < -0.39 is 0 Å². The smallest absolute Gasteiger partial charge is 0.271 e. The number of nitrogens with zero attached hydrogens (tertiary/aromatic N) is 4. The summed E-state index contributed by atoms with van der Waals surface area (Å²) in [6.45, 7) is 0. The molecule has 0 spiro atoms. The summed E-state index contributed by atoms with van der Waals surface area (Å²) in [6, 6.07) is 2.30. The highest BCUT2D eigenvalue weighted by molar-refractivity contribution is 7.25. The van der Waals surface area contributed by atoms with Crippen molar-refractivity contribution in [2.45, 2.75) is 44.6 Å². The standard InChI is InChI=1S/C20H24N4OS/c1-23(2)15-8-9-21-19-16(15)17-18(26-19)20(25)24(11-22-17)14-5-3-4-13(10-14)12-6-7-12/h8-9,11-14H,3-7,10H2,1-2H3. The Hall–Kier alpha value is -1.95. The molecule has 3 aromatic rings. The van der Waals surface area contributed by atoms with Crippen molar-refractivity contribution in [3.8, 4) is 0 Å². The van der Waals surface area contributed by atoms with Crippen LogP contribution in [0, 0.1) is 11.8 Å². The number of anilines is 1. The monoisotopic (exact) mass is 368 g/mol. The Kier molecular flexibility index (Phi) is 3.78. The van der Waals surface area contributed by atoms with E-state index in [4.69, 9.17) is 4.98 Å². The minimum absolute atomic E-state index is 0.115. The Morgan fingerprint density at radius 1 is 1.15 bits per heavy atom. The Labute approximate surface area is 156 Å². The third kappa shape index (κ3) is 2.54. The lowest BCUT2D eigenvalue weighted by Crippen LogP contribution is -2.29. The van der Waals surface area contributed by atoms with E-state index in [1.165, 1.54) is 37.0 Å². The largest absolute Gasteiger partial charge is 0.377 e. The molecule has 0 amide bonds. The third-order valence-electron chi connectivity index (χ3n) is 6.14. The maximum absolute atomic E-state index is 13.3. The van der Waals surface area contributed by atoms with E-state index in [-0.39, 0.29) is 5.56 Å². The van der Waals surface area contributed by atoms with Crippen LogP contribution in [-0.4, -0.2) is 28.6 Å². The summed E-state index contributed by atoms with van der Waals surface area (Å²) in [5.41, 5.74) is 1.99. The fourth-order valence-corrected chi connectivity index (χ4v) is 5.69. The molecular weight excluding hydrogens is 344 g/mol. The van der Waals surface area contributed by atoms with Gasteiger partial charge in [0.1, 0.15) is 9.53 Å². The molecule has 2 unspecified atom stereocenters. The van der Waals surface area contributed by atoms with E-state index in [0.717, 1.165) is 50.8 Å². The summed E-state index contributed by atoms with van der Waals surface area (Å²) >= 11 is 1.48. The quantitative estimate of drug-likeness (QED) is 0.695. The summed E-state index contributed by atoms with van der Waals surface area (Å²) in [6.07, 6.45) is 11.2. The third-order valence-corrected chi connectivity index (χ3v) is 7.21. The highest BCUT2D eigenvalue weighted by Gasteiger charge is 2.35. The van der Waals surface area contributed by atoms with Gasteiger partial charge in [-0.25, -0.2) is 9.97 Å². The van der Waals surface area contributed by atoms with Gasteiger partial charge in [0.25, 0.3) is 5.56 Å². The first kappa shape index (κ1) is 16.2. The van der Waals surface area contributed by atoms with Crippen LogP contribution in [0.1, 0.15) is 44.6 Å². The van der Waals surface area contributed by atoms with Crippen molar-refractivity contribution in [1.29, 1.82) is 0 Å². The van der Waals surface area contributed by atoms with E-state index in [2.05, 4.69) is 9.88 Å². The van der Waals surface area contributed by atoms with Crippen molar-refractivity contribution in [2.24, 2.45) is 11.8 Å². The van der Waals surface area contributed by atoms with Gasteiger partial charge in [-0.05, 0) is 43.6 Å². The maximum atomic E-state index is 13.3. The maximum Gasteiger partial charge on any atom is 0.271 e. The van der Waals surface area contributed by atoms with E-state index in [9.17, 15) is 4.79 Å². The van der Waals surface area contributed by atoms with Gasteiger partial charge in [-0.3, -0.25) is 9.36 Å². The Morgan fingerprint density at radius 3 is 2.77 bits per heavy atom. The second kappa shape index (κ2) is 6.05. The molecule has 3 aromatic heterocycles. The summed E-state index contributed by atoms with van der Waals surface area (Å²) in [4.78, 5) is 25.5. The molecule has 0 aromatic carbocycles. The van der Waals surface area contributed by atoms with Crippen molar-refractivity contribution in [3.05, 3.63) is 28.9 Å². The van der Waals surface area contributed by atoms with Crippen molar-refractivity contribution >= 4 is 37.5 Å². The molecule has 3 heterocycles. The molecule has 0 radical (unpaired) electrons. The zero-order valence-corrected chi connectivity index (χ0v) is 16.1. The molecular formula is C20H24N4OS. The normalized spacial score (nSPS) is 23.6. The summed E-state index contributed by atoms with van der Waals surface area (Å²) < 4.78 is 2.67. The van der Waals surface area contributed by atoms with Crippen LogP contribution in [0.25, 0.3) is 20.4 Å². The molecule has 136 valence electrons. The molecule has 2 aliphatic rings. The number of thiophene rings is 1. The number of hydrogen-bond donors (Lipinski definition) is 0. The van der Waals surface area contributed by atoms with Crippen LogP contribution in [-0.2, 0) is 0 Å². The van der Waals surface area contributed by atoms with E-state index in [0.29, 0.717) is 6.04 Å². The van der Waals surface area contributed by atoms with Gasteiger partial charge < -0.3 is 4.90 Å². The van der Waals surface area contributed by atoms with E-state index >= 15 is 0 Å². The molecule has 0 N–H and O–H groups in total. The van der Waals surface area contributed by atoms with Gasteiger partial charge in [0.05, 0.1) is 22.9 Å². The summed E-state index contributed by atoms with van der Waals surface area (Å²) in [5, 5.41) is 1.00. The molecule has 6 heteroatoms. The van der Waals surface area contributed by atoms with Gasteiger partial charge in [-0.1, -0.05) is 12.8 Å². The SMILES string of the molecule is CN(C)c1ccnc2sc3c(=O)n(C4CCCC(C5CC5)C4)cnc3c12. The fourth-order valence-electron chi connectivity index (χ4n) is 4.63. The number of aromatic nitrogens is 3. The molecule has 0 aliphatic heterocycles. The molecule has 0 bridgehead atoms. The van der Waals surface area contributed by atoms with Gasteiger partial charge in [-0.15, -0.1) is 11.3 Å². The van der Waals surface area contributed by atoms with Gasteiger partial charge >= 0.3 is 0 Å². The molecule has 5 nitrogen and oxygen atoms in total. The van der Waals surface area contributed by atoms with Gasteiger partial charge in [0, 0.05) is 26.3 Å². The molecule has 2 fully saturated rings. The zero-order chi connectivity index (χ0) is 17.8. The molecule has 2 aliphatic carbocycles. The van der Waals surface area contributed by atoms with Crippen LogP contribution in [0.5, 0.6) is 0 Å².